The lowest BCUT2D eigenvalue weighted by atomic mass is 9.73. The molecule has 194 valence electrons. The number of halogens is 1. The predicted octanol–water partition coefficient (Wildman–Crippen LogP) is 5.73. The van der Waals surface area contributed by atoms with E-state index in [1.165, 1.54) is 24.3 Å². The van der Waals surface area contributed by atoms with Crippen molar-refractivity contribution in [3.8, 4) is 11.5 Å². The maximum absolute atomic E-state index is 13.0. The molecule has 0 N–H and O–H groups in total. The summed E-state index contributed by atoms with van der Waals surface area (Å²) < 4.78 is 16.9. The molecule has 2 aromatic carbocycles. The number of methoxy groups -OCH3 is 1. The number of non-ortho nitro benzene ring substituents is 1. The highest BCUT2D eigenvalue weighted by Gasteiger charge is 2.44. The summed E-state index contributed by atoms with van der Waals surface area (Å²) in [7, 11) is 1.61. The number of carbonyl (C=O) groups is 1. The Kier molecular flexibility index (Phi) is 7.94. The number of nitrogens with zero attached hydrogens (tertiary/aromatic N) is 3. The van der Waals surface area contributed by atoms with Gasteiger partial charge in [-0.15, -0.1) is 19.0 Å². The molecule has 3 saturated heterocycles. The summed E-state index contributed by atoms with van der Waals surface area (Å²) in [6.07, 6.45) is 4.20. The fraction of sp³-hybridized carbons (Fsp3) is 0.333. The van der Waals surface area contributed by atoms with Gasteiger partial charge in [-0.2, -0.15) is 0 Å². The first-order valence-corrected chi connectivity index (χ1v) is 11.9. The highest BCUT2D eigenvalue weighted by molar-refractivity contribution is 5.85. The Morgan fingerprint density at radius 3 is 2.62 bits per heavy atom. The van der Waals surface area contributed by atoms with Gasteiger partial charge in [0, 0.05) is 35.8 Å². The first-order chi connectivity index (χ1) is 17.5. The van der Waals surface area contributed by atoms with Crippen molar-refractivity contribution in [2.75, 3.05) is 20.2 Å². The quantitative estimate of drug-likeness (QED) is 0.127. The van der Waals surface area contributed by atoms with Crippen LogP contribution in [0.25, 0.3) is 10.9 Å². The molecule has 10 heteroatoms. The van der Waals surface area contributed by atoms with Gasteiger partial charge in [0.15, 0.2) is 0 Å². The van der Waals surface area contributed by atoms with Crippen molar-refractivity contribution in [3.63, 3.8) is 0 Å². The molecule has 0 saturated carbocycles. The number of ether oxygens (including phenoxy) is 3. The molecule has 1 unspecified atom stereocenters. The second-order valence-corrected chi connectivity index (χ2v) is 9.17. The number of hydrogen-bond acceptors (Lipinski definition) is 8. The van der Waals surface area contributed by atoms with Gasteiger partial charge >= 0.3 is 6.16 Å². The van der Waals surface area contributed by atoms with Crippen LogP contribution in [0.1, 0.15) is 24.5 Å². The molecule has 1 aromatic heterocycles. The molecule has 37 heavy (non-hydrogen) atoms. The highest BCUT2D eigenvalue weighted by Crippen LogP contribution is 2.43. The van der Waals surface area contributed by atoms with Crippen molar-refractivity contribution in [2.24, 2.45) is 11.8 Å². The molecule has 3 aliphatic heterocycles. The number of piperidine rings is 3. The molecule has 0 aliphatic carbocycles. The third kappa shape index (κ3) is 5.38. The fourth-order valence-electron chi connectivity index (χ4n) is 5.42. The number of nitro groups is 1. The first kappa shape index (κ1) is 26.4. The van der Waals surface area contributed by atoms with Crippen LogP contribution in [-0.4, -0.2) is 47.2 Å². The van der Waals surface area contributed by atoms with E-state index in [-0.39, 0.29) is 29.9 Å². The zero-order valence-corrected chi connectivity index (χ0v) is 21.1. The van der Waals surface area contributed by atoms with E-state index in [1.54, 1.807) is 13.3 Å². The summed E-state index contributed by atoms with van der Waals surface area (Å²) >= 11 is 0. The molecule has 2 bridgehead atoms. The van der Waals surface area contributed by atoms with Crippen LogP contribution in [0, 0.1) is 22.0 Å². The summed E-state index contributed by atoms with van der Waals surface area (Å²) in [6, 6.07) is 12.8. The maximum Gasteiger partial charge on any atom is 0.514 e. The van der Waals surface area contributed by atoms with Crippen LogP contribution < -0.4 is 9.47 Å². The van der Waals surface area contributed by atoms with Gasteiger partial charge in [0.05, 0.1) is 23.6 Å². The molecule has 0 spiro atoms. The second kappa shape index (κ2) is 11.1. The summed E-state index contributed by atoms with van der Waals surface area (Å²) in [4.78, 5) is 30.2. The molecule has 4 heterocycles. The van der Waals surface area contributed by atoms with Crippen LogP contribution in [0.15, 0.2) is 67.4 Å². The third-order valence-electron chi connectivity index (χ3n) is 7.26. The smallest absolute Gasteiger partial charge is 0.497 e. The van der Waals surface area contributed by atoms with Crippen LogP contribution >= 0.6 is 12.4 Å². The SMILES string of the molecule is C=C[C@H]1CN2CC[C@H]1C[C@H]2[C@H](OC(=O)Oc1ccc([N+](=O)[O-])cc1)c1ccnc2ccc(OC)cc12.Cl. The lowest BCUT2D eigenvalue weighted by Gasteiger charge is -2.51. The average Bonchev–Trinajstić information content (AvgIpc) is 2.91. The standard InChI is InChI=1S/C27H27N3O6.ClH/c1-3-17-16-29-13-11-18(17)14-25(29)26(22-10-12-28-24-9-8-21(34-2)15-23(22)24)36-27(31)35-20-6-4-19(5-7-20)30(32)33;/h3-10,12,15,17-18,25-26H,1,11,13-14,16H2,2H3;1H/t17-,18-,25-,26+;/m0./s1. The van der Waals surface area contributed by atoms with Crippen LogP contribution in [0.4, 0.5) is 10.5 Å². The molecule has 6 rings (SSSR count). The Morgan fingerprint density at radius 2 is 1.97 bits per heavy atom. The Hall–Kier alpha value is -3.69. The normalized spacial score (nSPS) is 22.9. The molecule has 3 aliphatic rings. The number of pyridine rings is 1. The largest absolute Gasteiger partial charge is 0.514 e. The molecule has 0 radical (unpaired) electrons. The van der Waals surface area contributed by atoms with Crippen molar-refractivity contribution in [1.29, 1.82) is 0 Å². The molecule has 5 atom stereocenters. The van der Waals surface area contributed by atoms with E-state index in [0.717, 1.165) is 42.4 Å². The van der Waals surface area contributed by atoms with Gasteiger partial charge in [0.1, 0.15) is 17.6 Å². The minimum atomic E-state index is -0.871. The van der Waals surface area contributed by atoms with E-state index >= 15 is 0 Å². The van der Waals surface area contributed by atoms with Gasteiger partial charge in [0.25, 0.3) is 5.69 Å². The van der Waals surface area contributed by atoms with Crippen LogP contribution in [-0.2, 0) is 4.74 Å². The number of nitro benzene ring substituents is 1. The Bertz CT molecular complexity index is 1300. The zero-order valence-electron chi connectivity index (χ0n) is 20.3. The van der Waals surface area contributed by atoms with Gasteiger partial charge in [-0.1, -0.05) is 6.08 Å². The monoisotopic (exact) mass is 525 g/mol. The van der Waals surface area contributed by atoms with Crippen molar-refractivity contribution in [1.82, 2.24) is 9.88 Å². The van der Waals surface area contributed by atoms with Crippen molar-refractivity contribution in [2.45, 2.75) is 25.0 Å². The third-order valence-corrected chi connectivity index (χ3v) is 7.26. The van der Waals surface area contributed by atoms with Gasteiger partial charge in [-0.3, -0.25) is 20.0 Å². The predicted molar refractivity (Wildman–Crippen MR) is 140 cm³/mol. The number of benzene rings is 2. The van der Waals surface area contributed by atoms with Crippen molar-refractivity contribution in [3.05, 3.63) is 83.1 Å². The van der Waals surface area contributed by atoms with Crippen molar-refractivity contribution >= 4 is 35.2 Å². The molecule has 3 fully saturated rings. The summed E-state index contributed by atoms with van der Waals surface area (Å²) in [6.45, 7) is 5.79. The maximum atomic E-state index is 13.0. The van der Waals surface area contributed by atoms with Crippen molar-refractivity contribution < 1.29 is 23.9 Å². The molecule has 3 aromatic rings. The Balaban J connectivity index is 0.00000320. The minimum Gasteiger partial charge on any atom is -0.497 e. The van der Waals surface area contributed by atoms with Gasteiger partial charge < -0.3 is 14.2 Å². The van der Waals surface area contributed by atoms with E-state index in [1.807, 2.05) is 30.3 Å². The van der Waals surface area contributed by atoms with E-state index in [9.17, 15) is 14.9 Å². The highest BCUT2D eigenvalue weighted by atomic mass is 35.5. The average molecular weight is 526 g/mol. The lowest BCUT2D eigenvalue weighted by Crippen LogP contribution is -2.55. The van der Waals surface area contributed by atoms with Gasteiger partial charge in [0.2, 0.25) is 0 Å². The number of aromatic nitrogens is 1. The summed E-state index contributed by atoms with van der Waals surface area (Å²) in [5, 5.41) is 11.8. The fourth-order valence-corrected chi connectivity index (χ4v) is 5.42. The second-order valence-electron chi connectivity index (χ2n) is 9.17. The molecular formula is C27H28ClN3O6. The number of carbonyl (C=O) groups excluding carboxylic acids is 1. The topological polar surface area (TPSA) is 104 Å². The number of fused-ring (bicyclic) bond motifs is 4. The molecular weight excluding hydrogens is 498 g/mol. The number of rotatable bonds is 7. The Morgan fingerprint density at radius 1 is 1.22 bits per heavy atom. The zero-order chi connectivity index (χ0) is 25.2. The van der Waals surface area contributed by atoms with Crippen LogP contribution in [0.2, 0.25) is 0 Å². The summed E-state index contributed by atoms with van der Waals surface area (Å²) in [5.74, 6) is 1.73. The van der Waals surface area contributed by atoms with E-state index in [0.29, 0.717) is 17.6 Å². The van der Waals surface area contributed by atoms with Crippen LogP contribution in [0.3, 0.4) is 0 Å². The lowest BCUT2D eigenvalue weighted by molar-refractivity contribution is -0.384. The first-order valence-electron chi connectivity index (χ1n) is 11.9. The minimum absolute atomic E-state index is 0. The van der Waals surface area contributed by atoms with Crippen LogP contribution in [0.5, 0.6) is 11.5 Å². The summed E-state index contributed by atoms with van der Waals surface area (Å²) in [5.41, 5.74) is 1.51. The Labute approximate surface area is 220 Å². The molecule has 9 nitrogen and oxygen atoms in total. The van der Waals surface area contributed by atoms with E-state index < -0.39 is 17.2 Å². The molecule has 0 amide bonds. The number of hydrogen-bond donors (Lipinski definition) is 0. The van der Waals surface area contributed by atoms with E-state index in [4.69, 9.17) is 14.2 Å². The van der Waals surface area contributed by atoms with Gasteiger partial charge in [-0.25, -0.2) is 4.79 Å². The van der Waals surface area contributed by atoms with E-state index in [2.05, 4.69) is 16.5 Å². The van der Waals surface area contributed by atoms with Gasteiger partial charge in [-0.05, 0) is 67.6 Å².